The molecule has 1 atom stereocenters. The molecule has 0 saturated carbocycles. The zero-order chi connectivity index (χ0) is 15.9. The van der Waals surface area contributed by atoms with Crippen LogP contribution in [-0.2, 0) is 13.6 Å². The van der Waals surface area contributed by atoms with Gasteiger partial charge in [-0.15, -0.1) is 0 Å². The molecule has 6 heteroatoms. The first-order chi connectivity index (χ1) is 10.6. The molecule has 0 saturated heterocycles. The van der Waals surface area contributed by atoms with Crippen molar-refractivity contribution in [2.45, 2.75) is 39.3 Å². The number of aliphatic hydroxyl groups excluding tert-OH is 1. The fourth-order valence-electron chi connectivity index (χ4n) is 2.22. The average molecular weight is 304 g/mol. The second kappa shape index (κ2) is 7.91. The number of hydrogen-bond acceptors (Lipinski definition) is 5. The monoisotopic (exact) mass is 304 g/mol. The molecule has 0 aliphatic heterocycles. The van der Waals surface area contributed by atoms with E-state index in [0.29, 0.717) is 18.2 Å². The second-order valence-corrected chi connectivity index (χ2v) is 5.31. The highest BCUT2D eigenvalue weighted by Crippen LogP contribution is 2.26. The summed E-state index contributed by atoms with van der Waals surface area (Å²) in [5.41, 5.74) is 1.96. The van der Waals surface area contributed by atoms with Gasteiger partial charge in [0.1, 0.15) is 5.75 Å². The Kier molecular flexibility index (Phi) is 5.91. The van der Waals surface area contributed by atoms with Crippen molar-refractivity contribution in [1.29, 1.82) is 0 Å². The number of aliphatic hydroxyl groups is 1. The Bertz CT molecular complexity index is 583. The van der Waals surface area contributed by atoms with Crippen molar-refractivity contribution >= 4 is 0 Å². The van der Waals surface area contributed by atoms with Gasteiger partial charge in [-0.05, 0) is 38.4 Å². The summed E-state index contributed by atoms with van der Waals surface area (Å²) < 4.78 is 7.65. The van der Waals surface area contributed by atoms with Gasteiger partial charge >= 0.3 is 0 Å². The smallest absolute Gasteiger partial charge is 0.222 e. The Balaban J connectivity index is 2.01. The van der Waals surface area contributed by atoms with E-state index in [1.807, 2.05) is 33.0 Å². The van der Waals surface area contributed by atoms with Crippen LogP contribution in [0.2, 0.25) is 0 Å². The zero-order valence-electron chi connectivity index (χ0n) is 13.4. The summed E-state index contributed by atoms with van der Waals surface area (Å²) in [6.07, 6.45) is 4.67. The van der Waals surface area contributed by atoms with Crippen LogP contribution in [0.5, 0.6) is 11.6 Å². The van der Waals surface area contributed by atoms with E-state index in [9.17, 15) is 5.11 Å². The molecule has 2 aromatic heterocycles. The topological polar surface area (TPSA) is 72.2 Å². The molecular weight excluding hydrogens is 280 g/mol. The third-order valence-electron chi connectivity index (χ3n) is 3.57. The zero-order valence-corrected chi connectivity index (χ0v) is 13.4. The maximum Gasteiger partial charge on any atom is 0.222 e. The SMILES string of the molecule is CCC(O)CCNCc1c(C)nn(C)c1Oc1cccnc1. The molecule has 2 rings (SSSR count). The van der Waals surface area contributed by atoms with Gasteiger partial charge in [0.15, 0.2) is 0 Å². The predicted molar refractivity (Wildman–Crippen MR) is 84.9 cm³/mol. The molecular formula is C16H24N4O2. The van der Waals surface area contributed by atoms with E-state index in [1.165, 1.54) is 0 Å². The molecule has 22 heavy (non-hydrogen) atoms. The molecule has 6 nitrogen and oxygen atoms in total. The summed E-state index contributed by atoms with van der Waals surface area (Å²) in [5, 5.41) is 17.3. The molecule has 2 heterocycles. The lowest BCUT2D eigenvalue weighted by molar-refractivity contribution is 0.159. The minimum absolute atomic E-state index is 0.242. The van der Waals surface area contributed by atoms with Gasteiger partial charge in [-0.25, -0.2) is 4.68 Å². The number of nitrogens with zero attached hydrogens (tertiary/aromatic N) is 3. The van der Waals surface area contributed by atoms with E-state index in [1.54, 1.807) is 17.1 Å². The largest absolute Gasteiger partial charge is 0.437 e. The Hall–Kier alpha value is -1.92. The fourth-order valence-corrected chi connectivity index (χ4v) is 2.22. The van der Waals surface area contributed by atoms with Gasteiger partial charge in [0, 0.05) is 19.8 Å². The van der Waals surface area contributed by atoms with Gasteiger partial charge in [-0.1, -0.05) is 6.92 Å². The molecule has 0 bridgehead atoms. The quantitative estimate of drug-likeness (QED) is 0.731. The van der Waals surface area contributed by atoms with Gasteiger partial charge in [-0.3, -0.25) is 4.98 Å². The van der Waals surface area contributed by atoms with Crippen molar-refractivity contribution in [3.8, 4) is 11.6 Å². The lowest BCUT2D eigenvalue weighted by Crippen LogP contribution is -2.20. The highest BCUT2D eigenvalue weighted by molar-refractivity contribution is 5.34. The number of nitrogens with one attached hydrogen (secondary N) is 1. The van der Waals surface area contributed by atoms with Crippen molar-refractivity contribution in [2.75, 3.05) is 6.54 Å². The van der Waals surface area contributed by atoms with Crippen molar-refractivity contribution in [3.63, 3.8) is 0 Å². The lowest BCUT2D eigenvalue weighted by atomic mass is 10.2. The van der Waals surface area contributed by atoms with Gasteiger partial charge in [-0.2, -0.15) is 5.10 Å². The maximum atomic E-state index is 9.58. The van der Waals surface area contributed by atoms with Crippen molar-refractivity contribution < 1.29 is 9.84 Å². The lowest BCUT2D eigenvalue weighted by Gasteiger charge is -2.11. The second-order valence-electron chi connectivity index (χ2n) is 5.31. The summed E-state index contributed by atoms with van der Waals surface area (Å²) in [6, 6.07) is 3.70. The van der Waals surface area contributed by atoms with Crippen molar-refractivity contribution in [2.24, 2.45) is 7.05 Å². The summed E-state index contributed by atoms with van der Waals surface area (Å²) in [6.45, 7) is 5.37. The summed E-state index contributed by atoms with van der Waals surface area (Å²) >= 11 is 0. The van der Waals surface area contributed by atoms with Crippen LogP contribution in [0.4, 0.5) is 0 Å². The van der Waals surface area contributed by atoms with Crippen LogP contribution in [0.1, 0.15) is 31.0 Å². The molecule has 2 N–H and O–H groups in total. The van der Waals surface area contributed by atoms with Crippen molar-refractivity contribution in [1.82, 2.24) is 20.1 Å². The molecule has 0 aromatic carbocycles. The van der Waals surface area contributed by atoms with Gasteiger partial charge in [0.2, 0.25) is 5.88 Å². The summed E-state index contributed by atoms with van der Waals surface area (Å²) in [7, 11) is 1.86. The summed E-state index contributed by atoms with van der Waals surface area (Å²) in [5.74, 6) is 1.40. The number of pyridine rings is 1. The van der Waals surface area contributed by atoms with Crippen molar-refractivity contribution in [3.05, 3.63) is 35.8 Å². The molecule has 0 spiro atoms. The molecule has 2 aromatic rings. The number of ether oxygens (including phenoxy) is 1. The van der Waals surface area contributed by atoms with Crippen LogP contribution < -0.4 is 10.1 Å². The molecule has 0 aliphatic carbocycles. The van der Waals surface area contributed by atoms with Crippen LogP contribution in [0.3, 0.4) is 0 Å². The van der Waals surface area contributed by atoms with Crippen LogP contribution in [0, 0.1) is 6.92 Å². The van der Waals surface area contributed by atoms with Gasteiger partial charge in [0.25, 0.3) is 0 Å². The standard InChI is InChI=1S/C16H24N4O2/c1-4-13(21)7-9-18-11-15-12(2)19-20(3)16(15)22-14-6-5-8-17-10-14/h5-6,8,10,13,18,21H,4,7,9,11H2,1-3H3. The van der Waals surface area contributed by atoms with E-state index in [4.69, 9.17) is 4.74 Å². The van der Waals surface area contributed by atoms with E-state index >= 15 is 0 Å². The van der Waals surface area contributed by atoms with Crippen LogP contribution in [-0.4, -0.2) is 32.5 Å². The van der Waals surface area contributed by atoms with Crippen LogP contribution in [0.25, 0.3) is 0 Å². The Morgan fingerprint density at radius 2 is 2.27 bits per heavy atom. The van der Waals surface area contributed by atoms with Crippen LogP contribution in [0.15, 0.2) is 24.5 Å². The summed E-state index contributed by atoms with van der Waals surface area (Å²) in [4.78, 5) is 4.05. The van der Waals surface area contributed by atoms with E-state index < -0.39 is 0 Å². The Labute approximate surface area is 131 Å². The van der Waals surface area contributed by atoms with E-state index in [2.05, 4.69) is 15.4 Å². The maximum absolute atomic E-state index is 9.58. The average Bonchev–Trinajstić information content (AvgIpc) is 2.78. The van der Waals surface area contributed by atoms with Gasteiger partial charge in [0.05, 0.1) is 23.6 Å². The Morgan fingerprint density at radius 3 is 2.95 bits per heavy atom. The van der Waals surface area contributed by atoms with Crippen LogP contribution >= 0.6 is 0 Å². The fraction of sp³-hybridized carbons (Fsp3) is 0.500. The molecule has 0 radical (unpaired) electrons. The predicted octanol–water partition coefficient (Wildman–Crippen LogP) is 2.17. The Morgan fingerprint density at radius 1 is 1.45 bits per heavy atom. The first-order valence-corrected chi connectivity index (χ1v) is 7.61. The normalized spacial score (nSPS) is 12.4. The number of rotatable bonds is 8. The minimum atomic E-state index is -0.242. The third-order valence-corrected chi connectivity index (χ3v) is 3.57. The molecule has 120 valence electrons. The van der Waals surface area contributed by atoms with E-state index in [-0.39, 0.29) is 6.10 Å². The highest BCUT2D eigenvalue weighted by Gasteiger charge is 2.15. The molecule has 0 aliphatic rings. The number of aromatic nitrogens is 3. The molecule has 0 amide bonds. The first-order valence-electron chi connectivity index (χ1n) is 7.61. The third kappa shape index (κ3) is 4.29. The first kappa shape index (κ1) is 16.5. The number of aryl methyl sites for hydroxylation is 2. The molecule has 1 unspecified atom stereocenters. The van der Waals surface area contributed by atoms with E-state index in [0.717, 1.165) is 30.6 Å². The number of hydrogen-bond donors (Lipinski definition) is 2. The minimum Gasteiger partial charge on any atom is -0.437 e. The van der Waals surface area contributed by atoms with Gasteiger partial charge < -0.3 is 15.2 Å². The molecule has 0 fully saturated rings. The highest BCUT2D eigenvalue weighted by atomic mass is 16.5.